The van der Waals surface area contributed by atoms with Crippen molar-refractivity contribution in [2.24, 2.45) is 0 Å². The molecule has 0 radical (unpaired) electrons. The zero-order valence-electron chi connectivity index (χ0n) is 10.4. The number of benzene rings is 1. The van der Waals surface area contributed by atoms with Gasteiger partial charge in [0.25, 0.3) is 0 Å². The van der Waals surface area contributed by atoms with Gasteiger partial charge in [0.2, 0.25) is 5.89 Å². The largest absolute Gasteiger partial charge is 0.436 e. The number of fused-ring (bicyclic) bond motifs is 2. The summed E-state index contributed by atoms with van der Waals surface area (Å²) < 4.78 is 5.73. The van der Waals surface area contributed by atoms with Crippen LogP contribution in [-0.4, -0.2) is 15.0 Å². The van der Waals surface area contributed by atoms with Crippen molar-refractivity contribution in [1.82, 2.24) is 15.0 Å². The Morgan fingerprint density at radius 3 is 2.80 bits per heavy atom. The van der Waals surface area contributed by atoms with Gasteiger partial charge in [-0.15, -0.1) is 0 Å². The average Bonchev–Trinajstić information content (AvgIpc) is 2.90. The van der Waals surface area contributed by atoms with Gasteiger partial charge in [-0.1, -0.05) is 12.1 Å². The number of nitrogens with two attached hydrogens (primary N) is 1. The highest BCUT2D eigenvalue weighted by Crippen LogP contribution is 2.25. The van der Waals surface area contributed by atoms with E-state index >= 15 is 0 Å². The average molecular weight is 262 g/mol. The van der Waals surface area contributed by atoms with E-state index in [2.05, 4.69) is 15.0 Å². The number of hydrogen-bond acceptors (Lipinski definition) is 5. The van der Waals surface area contributed by atoms with E-state index in [9.17, 15) is 0 Å². The Balaban J connectivity index is 1.90. The van der Waals surface area contributed by atoms with E-state index in [0.29, 0.717) is 17.4 Å². The quantitative estimate of drug-likeness (QED) is 0.570. The van der Waals surface area contributed by atoms with Gasteiger partial charge in [-0.25, -0.2) is 15.0 Å². The maximum absolute atomic E-state index is 5.73. The first-order valence-corrected chi connectivity index (χ1v) is 6.18. The fourth-order valence-corrected chi connectivity index (χ4v) is 2.14. The van der Waals surface area contributed by atoms with Crippen LogP contribution in [0.3, 0.4) is 0 Å². The van der Waals surface area contributed by atoms with Crippen LogP contribution in [0.2, 0.25) is 0 Å². The van der Waals surface area contributed by atoms with Crippen molar-refractivity contribution in [3.8, 4) is 11.5 Å². The summed E-state index contributed by atoms with van der Waals surface area (Å²) in [5.41, 5.74) is 8.67. The van der Waals surface area contributed by atoms with E-state index in [1.54, 1.807) is 12.3 Å². The number of nitrogen functional groups attached to an aromatic ring is 1. The first-order valence-electron chi connectivity index (χ1n) is 6.18. The van der Waals surface area contributed by atoms with Gasteiger partial charge in [0.1, 0.15) is 11.3 Å². The monoisotopic (exact) mass is 262 g/mol. The van der Waals surface area contributed by atoms with E-state index in [-0.39, 0.29) is 0 Å². The molecule has 0 bridgehead atoms. The highest BCUT2D eigenvalue weighted by molar-refractivity contribution is 5.82. The van der Waals surface area contributed by atoms with Crippen molar-refractivity contribution < 1.29 is 4.42 Å². The second-order valence-corrected chi connectivity index (χ2v) is 4.49. The van der Waals surface area contributed by atoms with Crippen LogP contribution in [-0.2, 0) is 0 Å². The molecule has 0 aliphatic rings. The molecule has 0 atom stereocenters. The maximum Gasteiger partial charge on any atom is 0.228 e. The molecule has 0 unspecified atom stereocenters. The number of aromatic nitrogens is 3. The molecule has 2 N–H and O–H groups in total. The molecule has 0 aliphatic carbocycles. The SMILES string of the molecule is Nc1ccc2cc(-c3nc4ccccc4o3)cnc2n1. The molecular weight excluding hydrogens is 252 g/mol. The number of para-hydroxylation sites is 2. The minimum absolute atomic E-state index is 0.458. The van der Waals surface area contributed by atoms with E-state index in [1.165, 1.54) is 0 Å². The number of rotatable bonds is 1. The Hall–Kier alpha value is -2.95. The zero-order valence-corrected chi connectivity index (χ0v) is 10.4. The van der Waals surface area contributed by atoms with Crippen LogP contribution in [0.25, 0.3) is 33.6 Å². The van der Waals surface area contributed by atoms with Gasteiger partial charge in [0.05, 0.1) is 5.56 Å². The molecule has 3 heterocycles. The topological polar surface area (TPSA) is 77.8 Å². The number of oxazole rings is 1. The minimum atomic E-state index is 0.458. The molecule has 1 aromatic carbocycles. The van der Waals surface area contributed by atoms with Crippen molar-refractivity contribution in [1.29, 1.82) is 0 Å². The Morgan fingerprint density at radius 1 is 1.00 bits per heavy atom. The van der Waals surface area contributed by atoms with Crippen LogP contribution < -0.4 is 5.73 Å². The van der Waals surface area contributed by atoms with Crippen LogP contribution in [0.4, 0.5) is 5.82 Å². The normalized spacial score (nSPS) is 11.2. The molecule has 3 aromatic heterocycles. The lowest BCUT2D eigenvalue weighted by Crippen LogP contribution is -1.92. The lowest BCUT2D eigenvalue weighted by atomic mass is 10.2. The van der Waals surface area contributed by atoms with Gasteiger partial charge < -0.3 is 10.2 Å². The molecule has 96 valence electrons. The second-order valence-electron chi connectivity index (χ2n) is 4.49. The fraction of sp³-hybridized carbons (Fsp3) is 0. The third kappa shape index (κ3) is 1.68. The molecule has 0 saturated heterocycles. The van der Waals surface area contributed by atoms with E-state index in [1.807, 2.05) is 36.4 Å². The summed E-state index contributed by atoms with van der Waals surface area (Å²) in [5.74, 6) is 1.01. The molecule has 4 aromatic rings. The third-order valence-corrected chi connectivity index (χ3v) is 3.10. The van der Waals surface area contributed by atoms with Crippen LogP contribution in [0.1, 0.15) is 0 Å². The van der Waals surface area contributed by atoms with Crippen LogP contribution >= 0.6 is 0 Å². The molecule has 4 rings (SSSR count). The molecule has 0 aliphatic heterocycles. The Bertz CT molecular complexity index is 896. The Labute approximate surface area is 114 Å². The van der Waals surface area contributed by atoms with Crippen molar-refractivity contribution in [2.45, 2.75) is 0 Å². The van der Waals surface area contributed by atoms with Gasteiger partial charge in [-0.05, 0) is 30.3 Å². The molecule has 20 heavy (non-hydrogen) atoms. The van der Waals surface area contributed by atoms with Crippen molar-refractivity contribution in [2.75, 3.05) is 5.73 Å². The van der Waals surface area contributed by atoms with Gasteiger partial charge in [-0.3, -0.25) is 0 Å². The molecule has 5 heteroatoms. The molecule has 5 nitrogen and oxygen atoms in total. The zero-order chi connectivity index (χ0) is 13.5. The summed E-state index contributed by atoms with van der Waals surface area (Å²) in [4.78, 5) is 12.9. The second kappa shape index (κ2) is 4.03. The van der Waals surface area contributed by atoms with Crippen molar-refractivity contribution in [3.05, 3.63) is 48.7 Å². The number of anilines is 1. The highest BCUT2D eigenvalue weighted by atomic mass is 16.3. The van der Waals surface area contributed by atoms with Gasteiger partial charge in [0.15, 0.2) is 11.2 Å². The smallest absolute Gasteiger partial charge is 0.228 e. The van der Waals surface area contributed by atoms with Crippen molar-refractivity contribution in [3.63, 3.8) is 0 Å². The standard InChI is InChI=1S/C15H10N4O/c16-13-6-5-9-7-10(8-17-14(9)19-13)15-18-11-3-1-2-4-12(11)20-15/h1-8H,(H2,16,17,19). The van der Waals surface area contributed by atoms with Gasteiger partial charge >= 0.3 is 0 Å². The lowest BCUT2D eigenvalue weighted by molar-refractivity contribution is 0.619. The summed E-state index contributed by atoms with van der Waals surface area (Å²) in [6, 6.07) is 13.2. The van der Waals surface area contributed by atoms with E-state index in [0.717, 1.165) is 22.0 Å². The molecule has 0 amide bonds. The lowest BCUT2D eigenvalue weighted by Gasteiger charge is -1.99. The maximum atomic E-state index is 5.73. The fourth-order valence-electron chi connectivity index (χ4n) is 2.14. The summed E-state index contributed by atoms with van der Waals surface area (Å²) in [6.07, 6.45) is 1.69. The summed E-state index contributed by atoms with van der Waals surface area (Å²) in [7, 11) is 0. The molecule has 0 saturated carbocycles. The predicted molar refractivity (Wildman–Crippen MR) is 77.0 cm³/mol. The molecule has 0 fully saturated rings. The minimum Gasteiger partial charge on any atom is -0.436 e. The summed E-state index contributed by atoms with van der Waals surface area (Å²) in [5, 5.41) is 0.902. The number of nitrogens with zero attached hydrogens (tertiary/aromatic N) is 3. The highest BCUT2D eigenvalue weighted by Gasteiger charge is 2.09. The van der Waals surface area contributed by atoms with E-state index in [4.69, 9.17) is 10.2 Å². The van der Waals surface area contributed by atoms with Gasteiger partial charge in [0, 0.05) is 11.6 Å². The first-order chi connectivity index (χ1) is 9.79. The van der Waals surface area contributed by atoms with E-state index < -0.39 is 0 Å². The third-order valence-electron chi connectivity index (χ3n) is 3.10. The summed E-state index contributed by atoms with van der Waals surface area (Å²) in [6.45, 7) is 0. The first kappa shape index (κ1) is 10.9. The number of hydrogen-bond donors (Lipinski definition) is 1. The van der Waals surface area contributed by atoms with Crippen LogP contribution in [0, 0.1) is 0 Å². The van der Waals surface area contributed by atoms with Crippen LogP contribution in [0.5, 0.6) is 0 Å². The number of pyridine rings is 2. The Kier molecular flexibility index (Phi) is 2.20. The predicted octanol–water partition coefficient (Wildman–Crippen LogP) is 3.02. The Morgan fingerprint density at radius 2 is 1.90 bits per heavy atom. The molecular formula is C15H10N4O. The summed E-state index contributed by atoms with van der Waals surface area (Å²) >= 11 is 0. The van der Waals surface area contributed by atoms with Crippen LogP contribution in [0.15, 0.2) is 53.1 Å². The van der Waals surface area contributed by atoms with Crippen molar-refractivity contribution >= 4 is 28.0 Å². The van der Waals surface area contributed by atoms with Gasteiger partial charge in [-0.2, -0.15) is 0 Å². The molecule has 0 spiro atoms.